The Morgan fingerprint density at radius 2 is 1.74 bits per heavy atom. The minimum atomic E-state index is -3.83. The highest BCUT2D eigenvalue weighted by atomic mass is 32.2. The van der Waals surface area contributed by atoms with Gasteiger partial charge in [0.15, 0.2) is 0 Å². The molecule has 0 saturated carbocycles. The van der Waals surface area contributed by atoms with Crippen molar-refractivity contribution in [2.75, 3.05) is 13.7 Å². The van der Waals surface area contributed by atoms with Gasteiger partial charge in [0.1, 0.15) is 11.8 Å². The van der Waals surface area contributed by atoms with E-state index in [2.05, 4.69) is 0 Å². The lowest BCUT2D eigenvalue weighted by molar-refractivity contribution is 0.142. The molecule has 0 amide bonds. The zero-order valence-corrected chi connectivity index (χ0v) is 16.7. The largest absolute Gasteiger partial charge is 0.433 e. The molecular weight excluding hydrogens is 368 g/mol. The van der Waals surface area contributed by atoms with Crippen LogP contribution >= 0.6 is 0 Å². The fourth-order valence-corrected chi connectivity index (χ4v) is 5.19. The van der Waals surface area contributed by atoms with E-state index in [1.807, 2.05) is 20.8 Å². The average Bonchev–Trinajstić information content (AvgIpc) is 2.93. The molecule has 0 spiro atoms. The summed E-state index contributed by atoms with van der Waals surface area (Å²) in [5.74, 6) is -0.370. The van der Waals surface area contributed by atoms with Crippen molar-refractivity contribution in [2.45, 2.75) is 37.2 Å². The molecule has 2 aromatic carbocycles. The number of halogens is 1. The van der Waals surface area contributed by atoms with Gasteiger partial charge in [0, 0.05) is 19.3 Å². The first-order valence-corrected chi connectivity index (χ1v) is 10.1. The van der Waals surface area contributed by atoms with E-state index in [0.29, 0.717) is 5.56 Å². The van der Waals surface area contributed by atoms with Crippen LogP contribution in [-0.2, 0) is 19.4 Å². The van der Waals surface area contributed by atoms with Gasteiger partial charge in [-0.15, -0.1) is 0 Å². The van der Waals surface area contributed by atoms with Gasteiger partial charge in [0.2, 0.25) is 10.0 Å². The molecule has 8 heteroatoms. The molecule has 1 aliphatic rings. The Balaban J connectivity index is 2.04. The summed E-state index contributed by atoms with van der Waals surface area (Å²) < 4.78 is 52.9. The Hall–Kier alpha value is -1.74. The molecule has 2 aromatic rings. The number of aryl methyl sites for hydroxylation is 1. The molecular formula is C19H23BFNO4S. The van der Waals surface area contributed by atoms with Crippen molar-refractivity contribution in [3.63, 3.8) is 0 Å². The average molecular weight is 391 g/mol. The Bertz CT molecular complexity index is 900. The van der Waals surface area contributed by atoms with Crippen molar-refractivity contribution in [3.05, 3.63) is 65.5 Å². The highest BCUT2D eigenvalue weighted by Gasteiger charge is 2.55. The monoisotopic (exact) mass is 391 g/mol. The number of hydrogen-bond acceptors (Lipinski definition) is 4. The second-order valence-electron chi connectivity index (χ2n) is 7.34. The lowest BCUT2D eigenvalue weighted by atomic mass is 9.71. The highest BCUT2D eigenvalue weighted by Crippen LogP contribution is 2.37. The molecule has 0 aromatic heterocycles. The van der Waals surface area contributed by atoms with E-state index in [9.17, 15) is 12.8 Å². The number of hydrogen-bond donors (Lipinski definition) is 0. The summed E-state index contributed by atoms with van der Waals surface area (Å²) in [4.78, 5) is 0.200. The van der Waals surface area contributed by atoms with Crippen LogP contribution in [0.4, 0.5) is 4.39 Å². The summed E-state index contributed by atoms with van der Waals surface area (Å²) in [5, 5.41) is 0. The van der Waals surface area contributed by atoms with Crippen LogP contribution in [0.3, 0.4) is 0 Å². The molecule has 1 fully saturated rings. The molecule has 1 saturated heterocycles. The molecule has 5 nitrogen and oxygen atoms in total. The number of benzene rings is 2. The Morgan fingerprint density at radius 1 is 1.15 bits per heavy atom. The first-order chi connectivity index (χ1) is 12.7. The molecule has 1 heterocycles. The van der Waals surface area contributed by atoms with Gasteiger partial charge in [-0.3, -0.25) is 0 Å². The molecule has 1 aliphatic heterocycles. The predicted molar refractivity (Wildman–Crippen MR) is 102 cm³/mol. The number of ether oxygens (including phenoxy) is 1. The second-order valence-corrected chi connectivity index (χ2v) is 9.15. The number of rotatable bonds is 5. The molecule has 0 N–H and O–H groups in total. The van der Waals surface area contributed by atoms with Crippen molar-refractivity contribution in [2.24, 2.45) is 0 Å². The van der Waals surface area contributed by atoms with Crippen LogP contribution in [0.1, 0.15) is 31.0 Å². The van der Waals surface area contributed by atoms with Crippen LogP contribution in [0, 0.1) is 12.7 Å². The number of sulfonamides is 1. The summed E-state index contributed by atoms with van der Waals surface area (Å²) in [5.41, 5.74) is 0.861. The third-order valence-corrected chi connectivity index (χ3v) is 6.81. The van der Waals surface area contributed by atoms with E-state index in [0.717, 1.165) is 5.56 Å². The Kier molecular flexibility index (Phi) is 5.45. The second kappa shape index (κ2) is 7.35. The Labute approximate surface area is 160 Å². The van der Waals surface area contributed by atoms with Crippen molar-refractivity contribution in [1.82, 2.24) is 4.22 Å². The summed E-state index contributed by atoms with van der Waals surface area (Å²) >= 11 is 0. The van der Waals surface area contributed by atoms with Gasteiger partial charge in [0.25, 0.3) is 0 Å². The maximum Gasteiger partial charge on any atom is 0.433 e. The quantitative estimate of drug-likeness (QED) is 0.734. The van der Waals surface area contributed by atoms with Crippen LogP contribution in [0.2, 0.25) is 0 Å². The molecule has 0 aliphatic carbocycles. The first-order valence-electron chi connectivity index (χ1n) is 8.68. The fraction of sp³-hybridized carbons (Fsp3) is 0.368. The molecule has 27 heavy (non-hydrogen) atoms. The zero-order chi connectivity index (χ0) is 19.8. The number of methoxy groups -OCH3 is 1. The van der Waals surface area contributed by atoms with Crippen LogP contribution in [-0.4, -0.2) is 38.9 Å². The van der Waals surface area contributed by atoms with Crippen LogP contribution in [0.5, 0.6) is 0 Å². The van der Waals surface area contributed by atoms with E-state index in [1.54, 1.807) is 36.4 Å². The van der Waals surface area contributed by atoms with Gasteiger partial charge in [-0.1, -0.05) is 29.8 Å². The smallest absolute Gasteiger partial charge is 0.417 e. The zero-order valence-electron chi connectivity index (χ0n) is 15.8. The summed E-state index contributed by atoms with van der Waals surface area (Å²) in [6.45, 7) is 5.76. The molecule has 0 radical (unpaired) electrons. The van der Waals surface area contributed by atoms with Gasteiger partial charge >= 0.3 is 7.05 Å². The van der Waals surface area contributed by atoms with E-state index in [1.165, 1.54) is 23.5 Å². The maximum atomic E-state index is 13.4. The molecule has 144 valence electrons. The summed E-state index contributed by atoms with van der Waals surface area (Å²) in [6.07, 6.45) is 0. The van der Waals surface area contributed by atoms with E-state index < -0.39 is 28.6 Å². The first kappa shape index (κ1) is 20.0. The molecule has 3 rings (SSSR count). The van der Waals surface area contributed by atoms with Crippen LogP contribution < -0.4 is 0 Å². The summed E-state index contributed by atoms with van der Waals surface area (Å²) in [6, 6.07) is 11.8. The topological polar surface area (TPSA) is 55.8 Å². The molecule has 1 unspecified atom stereocenters. The van der Waals surface area contributed by atoms with Gasteiger partial charge in [-0.25, -0.2) is 12.8 Å². The lowest BCUT2D eigenvalue weighted by Crippen LogP contribution is -2.52. The van der Waals surface area contributed by atoms with Crippen molar-refractivity contribution < 1.29 is 22.2 Å². The number of nitrogens with zero attached hydrogens (tertiary/aromatic N) is 1. The normalized spacial score (nSPS) is 18.6. The SMILES string of the molecule is COC(B1OCC(C)(C)N1S(=O)(=O)c1ccc(C)cc1)c1ccc(F)cc1. The van der Waals surface area contributed by atoms with Gasteiger partial charge < -0.3 is 9.39 Å². The fourth-order valence-electron chi connectivity index (χ4n) is 3.33. The van der Waals surface area contributed by atoms with E-state index in [-0.39, 0.29) is 17.3 Å². The van der Waals surface area contributed by atoms with Crippen molar-refractivity contribution in [3.8, 4) is 0 Å². The van der Waals surface area contributed by atoms with Gasteiger partial charge in [-0.2, -0.15) is 4.22 Å². The van der Waals surface area contributed by atoms with Crippen molar-refractivity contribution >= 4 is 17.1 Å². The van der Waals surface area contributed by atoms with Crippen molar-refractivity contribution in [1.29, 1.82) is 0 Å². The van der Waals surface area contributed by atoms with Gasteiger partial charge in [0.05, 0.1) is 4.90 Å². The molecule has 1 atom stereocenters. The Morgan fingerprint density at radius 3 is 2.30 bits per heavy atom. The highest BCUT2D eigenvalue weighted by molar-refractivity contribution is 7.90. The van der Waals surface area contributed by atoms with E-state index in [4.69, 9.17) is 9.39 Å². The maximum absolute atomic E-state index is 13.4. The third kappa shape index (κ3) is 3.80. The standard InChI is InChI=1S/C19H23BFNO4S/c1-14-5-11-17(12-6-14)27(23,24)22-19(2,3)13-26-20(22)18(25-4)15-7-9-16(21)10-8-15/h5-12,18H,13H2,1-4H3. The summed E-state index contributed by atoms with van der Waals surface area (Å²) in [7, 11) is -3.20. The van der Waals surface area contributed by atoms with Crippen LogP contribution in [0.25, 0.3) is 0 Å². The van der Waals surface area contributed by atoms with E-state index >= 15 is 0 Å². The third-order valence-electron chi connectivity index (χ3n) is 4.72. The van der Waals surface area contributed by atoms with Gasteiger partial charge in [-0.05, 0) is 50.6 Å². The lowest BCUT2D eigenvalue weighted by Gasteiger charge is -2.33. The predicted octanol–water partition coefficient (Wildman–Crippen LogP) is 3.35. The van der Waals surface area contributed by atoms with Crippen LogP contribution in [0.15, 0.2) is 53.4 Å². The minimum absolute atomic E-state index is 0.200. The minimum Gasteiger partial charge on any atom is -0.417 e. The molecule has 0 bridgehead atoms.